The Balaban J connectivity index is 0.00000200. The van der Waals surface area contributed by atoms with E-state index in [1.807, 2.05) is 36.4 Å². The first-order chi connectivity index (χ1) is 8.83. The van der Waals surface area contributed by atoms with E-state index in [0.717, 1.165) is 6.42 Å². The van der Waals surface area contributed by atoms with Crippen molar-refractivity contribution >= 4 is 40.9 Å². The second-order valence-electron chi connectivity index (χ2n) is 5.71. The summed E-state index contributed by atoms with van der Waals surface area (Å²) in [5.41, 5.74) is 6.10. The van der Waals surface area contributed by atoms with Crippen LogP contribution in [-0.2, 0) is 0 Å². The molecule has 2 rings (SSSR count). The van der Waals surface area contributed by atoms with Crippen LogP contribution in [0.5, 0.6) is 0 Å². The van der Waals surface area contributed by atoms with E-state index in [1.165, 1.54) is 6.07 Å². The van der Waals surface area contributed by atoms with Gasteiger partial charge in [0.1, 0.15) is 5.82 Å². The standard InChI is InChI=1S/C14H18FIN2O.ClH/c1-14(2)8-18(7-6-11(14)17)13(19)12-9(15)4-3-5-10(12)16;/h3-5,11H,6-8,17H2,1-2H3;1H. The number of carbonyl (C=O) groups is 1. The van der Waals surface area contributed by atoms with Crippen molar-refractivity contribution in [3.05, 3.63) is 33.1 Å². The summed E-state index contributed by atoms with van der Waals surface area (Å²) in [6.45, 7) is 5.25. The minimum Gasteiger partial charge on any atom is -0.338 e. The number of piperidine rings is 1. The maximum Gasteiger partial charge on any atom is 0.257 e. The molecule has 20 heavy (non-hydrogen) atoms. The number of benzene rings is 1. The fourth-order valence-corrected chi connectivity index (χ4v) is 3.10. The molecule has 0 aliphatic carbocycles. The van der Waals surface area contributed by atoms with Crippen LogP contribution in [0.25, 0.3) is 0 Å². The van der Waals surface area contributed by atoms with Crippen LogP contribution in [-0.4, -0.2) is 29.9 Å². The number of nitrogens with zero attached hydrogens (tertiary/aromatic N) is 1. The first-order valence-corrected chi connectivity index (χ1v) is 7.39. The quantitative estimate of drug-likeness (QED) is 0.721. The van der Waals surface area contributed by atoms with Crippen LogP contribution in [0.15, 0.2) is 18.2 Å². The molecule has 1 saturated heterocycles. The van der Waals surface area contributed by atoms with E-state index in [0.29, 0.717) is 16.7 Å². The average molecular weight is 413 g/mol. The summed E-state index contributed by atoms with van der Waals surface area (Å²) >= 11 is 2.00. The van der Waals surface area contributed by atoms with Crippen LogP contribution >= 0.6 is 35.0 Å². The number of amides is 1. The zero-order valence-electron chi connectivity index (χ0n) is 11.5. The van der Waals surface area contributed by atoms with Crippen LogP contribution < -0.4 is 5.73 Å². The summed E-state index contributed by atoms with van der Waals surface area (Å²) in [6, 6.07) is 4.77. The van der Waals surface area contributed by atoms with Crippen molar-refractivity contribution in [1.82, 2.24) is 4.90 Å². The van der Waals surface area contributed by atoms with Gasteiger partial charge in [-0.05, 0) is 46.6 Å². The molecule has 0 radical (unpaired) electrons. The van der Waals surface area contributed by atoms with E-state index in [9.17, 15) is 9.18 Å². The number of likely N-dealkylation sites (tertiary alicyclic amines) is 1. The summed E-state index contributed by atoms with van der Waals surface area (Å²) in [7, 11) is 0. The van der Waals surface area contributed by atoms with Crippen molar-refractivity contribution in [3.63, 3.8) is 0 Å². The van der Waals surface area contributed by atoms with Gasteiger partial charge in [0.05, 0.1) is 5.56 Å². The molecule has 3 nitrogen and oxygen atoms in total. The Labute approximate surface area is 138 Å². The highest BCUT2D eigenvalue weighted by atomic mass is 127. The summed E-state index contributed by atoms with van der Waals surface area (Å²) < 4.78 is 14.5. The maximum atomic E-state index is 13.8. The van der Waals surface area contributed by atoms with E-state index >= 15 is 0 Å². The second-order valence-corrected chi connectivity index (χ2v) is 6.87. The van der Waals surface area contributed by atoms with Crippen LogP contribution in [0.1, 0.15) is 30.6 Å². The predicted octanol–water partition coefficient (Wildman–Crippen LogP) is 3.05. The molecule has 0 spiro atoms. The summed E-state index contributed by atoms with van der Waals surface area (Å²) in [6.07, 6.45) is 0.754. The molecule has 112 valence electrons. The molecule has 0 bridgehead atoms. The SMILES string of the molecule is CC1(C)CN(C(=O)c2c(F)cccc2I)CCC1N.Cl. The molecule has 2 N–H and O–H groups in total. The Hall–Kier alpha value is -0.400. The molecule has 1 heterocycles. The largest absolute Gasteiger partial charge is 0.338 e. The van der Waals surface area contributed by atoms with Gasteiger partial charge in [0.25, 0.3) is 5.91 Å². The van der Waals surface area contributed by atoms with Crippen LogP contribution in [0.3, 0.4) is 0 Å². The summed E-state index contributed by atoms with van der Waals surface area (Å²) in [5, 5.41) is 0. The Morgan fingerprint density at radius 1 is 1.50 bits per heavy atom. The van der Waals surface area contributed by atoms with Gasteiger partial charge in [0.2, 0.25) is 0 Å². The van der Waals surface area contributed by atoms with Gasteiger partial charge in [-0.1, -0.05) is 19.9 Å². The van der Waals surface area contributed by atoms with Crippen LogP contribution in [0.2, 0.25) is 0 Å². The molecule has 0 aromatic heterocycles. The molecular weight excluding hydrogens is 394 g/mol. The van der Waals surface area contributed by atoms with Gasteiger partial charge in [0, 0.05) is 22.7 Å². The van der Waals surface area contributed by atoms with Gasteiger partial charge in [-0.2, -0.15) is 0 Å². The Kier molecular flexibility index (Phi) is 5.80. The molecule has 1 aliphatic heterocycles. The minimum absolute atomic E-state index is 0. The average Bonchev–Trinajstić information content (AvgIpc) is 2.32. The van der Waals surface area contributed by atoms with Crippen molar-refractivity contribution in [1.29, 1.82) is 0 Å². The Morgan fingerprint density at radius 2 is 2.15 bits per heavy atom. The van der Waals surface area contributed by atoms with E-state index < -0.39 is 5.82 Å². The monoisotopic (exact) mass is 412 g/mol. The molecular formula is C14H19ClFIN2O. The van der Waals surface area contributed by atoms with E-state index in [2.05, 4.69) is 0 Å². The zero-order valence-corrected chi connectivity index (χ0v) is 14.5. The van der Waals surface area contributed by atoms with Gasteiger partial charge in [-0.25, -0.2) is 4.39 Å². The smallest absolute Gasteiger partial charge is 0.257 e. The normalized spacial score (nSPS) is 21.2. The molecule has 6 heteroatoms. The number of hydrogen-bond acceptors (Lipinski definition) is 2. The Morgan fingerprint density at radius 3 is 2.70 bits per heavy atom. The van der Waals surface area contributed by atoms with E-state index in [4.69, 9.17) is 5.73 Å². The fourth-order valence-electron chi connectivity index (χ4n) is 2.41. The van der Waals surface area contributed by atoms with Crippen LogP contribution in [0, 0.1) is 14.8 Å². The molecule has 1 aromatic carbocycles. The topological polar surface area (TPSA) is 46.3 Å². The van der Waals surface area contributed by atoms with Gasteiger partial charge in [-0.3, -0.25) is 4.79 Å². The first kappa shape index (κ1) is 17.7. The molecule has 1 unspecified atom stereocenters. The number of hydrogen-bond donors (Lipinski definition) is 1. The number of nitrogens with two attached hydrogens (primary N) is 1. The summed E-state index contributed by atoms with van der Waals surface area (Å²) in [4.78, 5) is 14.2. The van der Waals surface area contributed by atoms with Crippen molar-refractivity contribution in [2.45, 2.75) is 26.3 Å². The highest BCUT2D eigenvalue weighted by Crippen LogP contribution is 2.29. The van der Waals surface area contributed by atoms with Crippen LogP contribution in [0.4, 0.5) is 4.39 Å². The lowest BCUT2D eigenvalue weighted by Crippen LogP contribution is -2.54. The molecule has 0 saturated carbocycles. The third-order valence-corrected chi connectivity index (χ3v) is 4.67. The third-order valence-electron chi connectivity index (χ3n) is 3.78. The lowest BCUT2D eigenvalue weighted by atomic mass is 9.79. The second kappa shape index (κ2) is 6.58. The zero-order chi connectivity index (χ0) is 14.2. The highest BCUT2D eigenvalue weighted by molar-refractivity contribution is 14.1. The van der Waals surface area contributed by atoms with Gasteiger partial charge >= 0.3 is 0 Å². The summed E-state index contributed by atoms with van der Waals surface area (Å²) in [5.74, 6) is -0.688. The first-order valence-electron chi connectivity index (χ1n) is 6.32. The van der Waals surface area contributed by atoms with E-state index in [1.54, 1.807) is 17.0 Å². The lowest BCUT2D eigenvalue weighted by Gasteiger charge is -2.42. The van der Waals surface area contributed by atoms with E-state index in [-0.39, 0.29) is 35.3 Å². The molecule has 1 fully saturated rings. The van der Waals surface area contributed by atoms with Crippen molar-refractivity contribution in [3.8, 4) is 0 Å². The lowest BCUT2D eigenvalue weighted by molar-refractivity contribution is 0.0527. The van der Waals surface area contributed by atoms with Crippen molar-refractivity contribution in [2.24, 2.45) is 11.1 Å². The third kappa shape index (κ3) is 3.43. The number of carbonyl (C=O) groups excluding carboxylic acids is 1. The van der Waals surface area contributed by atoms with Crippen molar-refractivity contribution in [2.75, 3.05) is 13.1 Å². The number of rotatable bonds is 1. The van der Waals surface area contributed by atoms with Gasteiger partial charge in [0.15, 0.2) is 0 Å². The molecule has 1 aromatic rings. The molecule has 1 atom stereocenters. The highest BCUT2D eigenvalue weighted by Gasteiger charge is 2.36. The van der Waals surface area contributed by atoms with Gasteiger partial charge in [-0.15, -0.1) is 12.4 Å². The predicted molar refractivity (Wildman–Crippen MR) is 88.6 cm³/mol. The maximum absolute atomic E-state index is 13.8. The fraction of sp³-hybridized carbons (Fsp3) is 0.500. The minimum atomic E-state index is -0.454. The molecule has 1 aliphatic rings. The van der Waals surface area contributed by atoms with Gasteiger partial charge < -0.3 is 10.6 Å². The number of halogens is 3. The van der Waals surface area contributed by atoms with Crippen molar-refractivity contribution < 1.29 is 9.18 Å². The molecule has 1 amide bonds. The Bertz CT molecular complexity index is 490.